The van der Waals surface area contributed by atoms with Crippen LogP contribution in [-0.2, 0) is 11.3 Å². The number of nitrogens with one attached hydrogen (secondary N) is 1. The number of para-hydroxylation sites is 2. The molecule has 1 aliphatic rings. The highest BCUT2D eigenvalue weighted by molar-refractivity contribution is 6.08. The first-order valence-corrected chi connectivity index (χ1v) is 10.6. The predicted octanol–water partition coefficient (Wildman–Crippen LogP) is 3.24. The van der Waals surface area contributed by atoms with Crippen LogP contribution < -0.4 is 10.2 Å². The lowest BCUT2D eigenvalue weighted by Crippen LogP contribution is -2.50. The number of hydrogen-bond donors (Lipinski definition) is 1. The predicted molar refractivity (Wildman–Crippen MR) is 121 cm³/mol. The SMILES string of the molecule is Cc1cc(C)n(CC(=O)N2CCN(c3ccccc3C(=O)Nc3ccccc3F)CC2)n1. The first-order valence-electron chi connectivity index (χ1n) is 10.6. The van der Waals surface area contributed by atoms with Crippen molar-refractivity contribution in [1.82, 2.24) is 14.7 Å². The standard InChI is InChI=1S/C24H26FN5O2/c1-17-15-18(2)30(27-17)16-23(31)29-13-11-28(12-14-29)22-10-6-3-7-19(22)24(32)26-21-9-5-4-8-20(21)25/h3-10,15H,11-14,16H2,1-2H3,(H,26,32). The lowest BCUT2D eigenvalue weighted by molar-refractivity contribution is -0.132. The van der Waals surface area contributed by atoms with E-state index in [1.807, 2.05) is 36.9 Å². The van der Waals surface area contributed by atoms with Crippen molar-refractivity contribution in [3.05, 3.63) is 77.4 Å². The van der Waals surface area contributed by atoms with Crippen molar-refractivity contribution in [2.24, 2.45) is 0 Å². The van der Waals surface area contributed by atoms with Crippen molar-refractivity contribution >= 4 is 23.2 Å². The maximum absolute atomic E-state index is 14.0. The van der Waals surface area contributed by atoms with E-state index in [1.54, 1.807) is 28.9 Å². The Morgan fingerprint density at radius 2 is 1.69 bits per heavy atom. The quantitative estimate of drug-likeness (QED) is 0.668. The first-order chi connectivity index (χ1) is 15.4. The van der Waals surface area contributed by atoms with Gasteiger partial charge in [-0.05, 0) is 44.2 Å². The molecule has 0 radical (unpaired) electrons. The molecule has 0 aliphatic carbocycles. The zero-order chi connectivity index (χ0) is 22.7. The number of piperazine rings is 1. The number of aryl methyl sites for hydroxylation is 2. The van der Waals surface area contributed by atoms with E-state index in [4.69, 9.17) is 0 Å². The van der Waals surface area contributed by atoms with Crippen LogP contribution in [0.2, 0.25) is 0 Å². The summed E-state index contributed by atoms with van der Waals surface area (Å²) in [6.45, 7) is 6.39. The zero-order valence-corrected chi connectivity index (χ0v) is 18.2. The Balaban J connectivity index is 1.41. The van der Waals surface area contributed by atoms with Gasteiger partial charge in [0.1, 0.15) is 12.4 Å². The summed E-state index contributed by atoms with van der Waals surface area (Å²) >= 11 is 0. The molecule has 0 unspecified atom stereocenters. The summed E-state index contributed by atoms with van der Waals surface area (Å²) in [5.41, 5.74) is 3.24. The van der Waals surface area contributed by atoms with Gasteiger partial charge in [-0.1, -0.05) is 24.3 Å². The summed E-state index contributed by atoms with van der Waals surface area (Å²) in [6.07, 6.45) is 0. The lowest BCUT2D eigenvalue weighted by Gasteiger charge is -2.37. The third-order valence-electron chi connectivity index (χ3n) is 5.63. The number of benzene rings is 2. The average Bonchev–Trinajstić information content (AvgIpc) is 3.11. The molecular formula is C24H26FN5O2. The van der Waals surface area contributed by atoms with E-state index < -0.39 is 5.82 Å². The van der Waals surface area contributed by atoms with Gasteiger partial charge in [0.25, 0.3) is 5.91 Å². The smallest absolute Gasteiger partial charge is 0.257 e. The Kier molecular flexibility index (Phi) is 6.20. The van der Waals surface area contributed by atoms with Crippen LogP contribution in [0.3, 0.4) is 0 Å². The van der Waals surface area contributed by atoms with Gasteiger partial charge in [0, 0.05) is 37.6 Å². The Morgan fingerprint density at radius 1 is 1.00 bits per heavy atom. The molecule has 0 spiro atoms. The third-order valence-corrected chi connectivity index (χ3v) is 5.63. The number of amides is 2. The molecule has 2 heterocycles. The minimum Gasteiger partial charge on any atom is -0.367 e. The van der Waals surface area contributed by atoms with Crippen molar-refractivity contribution < 1.29 is 14.0 Å². The number of anilines is 2. The second kappa shape index (κ2) is 9.21. The molecule has 2 amide bonds. The van der Waals surface area contributed by atoms with Gasteiger partial charge in [0.05, 0.1) is 16.9 Å². The minimum atomic E-state index is -0.479. The van der Waals surface area contributed by atoms with Gasteiger partial charge in [0.15, 0.2) is 0 Å². The summed E-state index contributed by atoms with van der Waals surface area (Å²) in [7, 11) is 0. The zero-order valence-electron chi connectivity index (χ0n) is 18.2. The largest absolute Gasteiger partial charge is 0.367 e. The molecule has 32 heavy (non-hydrogen) atoms. The molecule has 1 N–H and O–H groups in total. The molecule has 0 bridgehead atoms. The summed E-state index contributed by atoms with van der Waals surface area (Å²) in [5, 5.41) is 7.02. The van der Waals surface area contributed by atoms with Gasteiger partial charge in [-0.2, -0.15) is 5.10 Å². The minimum absolute atomic E-state index is 0.0291. The van der Waals surface area contributed by atoms with Gasteiger partial charge >= 0.3 is 0 Å². The average molecular weight is 436 g/mol. The van der Waals surface area contributed by atoms with Crippen molar-refractivity contribution in [2.45, 2.75) is 20.4 Å². The molecule has 1 aromatic heterocycles. The molecule has 2 aromatic carbocycles. The van der Waals surface area contributed by atoms with Gasteiger partial charge in [0.2, 0.25) is 5.91 Å². The summed E-state index contributed by atoms with van der Waals surface area (Å²) in [6, 6.07) is 15.3. The Labute approximate surface area is 186 Å². The van der Waals surface area contributed by atoms with E-state index >= 15 is 0 Å². The normalized spacial score (nSPS) is 13.8. The maximum atomic E-state index is 14.0. The number of nitrogens with zero attached hydrogens (tertiary/aromatic N) is 4. The molecule has 8 heteroatoms. The van der Waals surface area contributed by atoms with Crippen LogP contribution in [0, 0.1) is 19.7 Å². The van der Waals surface area contributed by atoms with Crippen LogP contribution in [0.25, 0.3) is 0 Å². The summed E-state index contributed by atoms with van der Waals surface area (Å²) in [5.74, 6) is -0.816. The fourth-order valence-electron chi connectivity index (χ4n) is 3.95. The molecule has 1 aliphatic heterocycles. The van der Waals surface area contributed by atoms with Gasteiger partial charge in [-0.25, -0.2) is 4.39 Å². The van der Waals surface area contributed by atoms with E-state index in [2.05, 4.69) is 15.3 Å². The fourth-order valence-corrected chi connectivity index (χ4v) is 3.95. The topological polar surface area (TPSA) is 70.5 Å². The monoisotopic (exact) mass is 435 g/mol. The van der Waals surface area contributed by atoms with Crippen molar-refractivity contribution in [3.8, 4) is 0 Å². The molecule has 0 saturated carbocycles. The van der Waals surface area contributed by atoms with Crippen LogP contribution in [-0.4, -0.2) is 52.7 Å². The van der Waals surface area contributed by atoms with E-state index in [-0.39, 0.29) is 24.0 Å². The van der Waals surface area contributed by atoms with E-state index in [9.17, 15) is 14.0 Å². The van der Waals surface area contributed by atoms with Crippen LogP contribution in [0.1, 0.15) is 21.7 Å². The highest BCUT2D eigenvalue weighted by Gasteiger charge is 2.24. The molecular weight excluding hydrogens is 409 g/mol. The molecule has 166 valence electrons. The number of rotatable bonds is 5. The number of carbonyl (C=O) groups excluding carboxylic acids is 2. The first kappa shape index (κ1) is 21.5. The Morgan fingerprint density at radius 3 is 2.38 bits per heavy atom. The van der Waals surface area contributed by atoms with Gasteiger partial charge < -0.3 is 15.1 Å². The van der Waals surface area contributed by atoms with E-state index in [0.717, 1.165) is 17.1 Å². The lowest BCUT2D eigenvalue weighted by atomic mass is 10.1. The Bertz CT molecular complexity index is 1130. The van der Waals surface area contributed by atoms with E-state index in [0.29, 0.717) is 31.7 Å². The molecule has 7 nitrogen and oxygen atoms in total. The molecule has 1 saturated heterocycles. The summed E-state index contributed by atoms with van der Waals surface area (Å²) < 4.78 is 15.7. The molecule has 1 fully saturated rings. The number of carbonyl (C=O) groups is 2. The number of hydrogen-bond acceptors (Lipinski definition) is 4. The molecule has 0 atom stereocenters. The van der Waals surface area contributed by atoms with Crippen molar-refractivity contribution in [1.29, 1.82) is 0 Å². The highest BCUT2D eigenvalue weighted by Crippen LogP contribution is 2.24. The molecule has 4 rings (SSSR count). The van der Waals surface area contributed by atoms with E-state index in [1.165, 1.54) is 12.1 Å². The second-order valence-corrected chi connectivity index (χ2v) is 7.90. The molecule has 3 aromatic rings. The van der Waals surface area contributed by atoms with Crippen LogP contribution in [0.4, 0.5) is 15.8 Å². The van der Waals surface area contributed by atoms with Crippen LogP contribution in [0.15, 0.2) is 54.6 Å². The van der Waals surface area contributed by atoms with Crippen LogP contribution >= 0.6 is 0 Å². The van der Waals surface area contributed by atoms with Gasteiger partial charge in [-0.3, -0.25) is 14.3 Å². The maximum Gasteiger partial charge on any atom is 0.257 e. The summed E-state index contributed by atoms with van der Waals surface area (Å²) in [4.78, 5) is 29.5. The fraction of sp³-hybridized carbons (Fsp3) is 0.292. The number of aromatic nitrogens is 2. The van der Waals surface area contributed by atoms with Gasteiger partial charge in [-0.15, -0.1) is 0 Å². The second-order valence-electron chi connectivity index (χ2n) is 7.90. The van der Waals surface area contributed by atoms with Crippen LogP contribution in [0.5, 0.6) is 0 Å². The van der Waals surface area contributed by atoms with Crippen molar-refractivity contribution in [2.75, 3.05) is 36.4 Å². The number of halogens is 1. The Hall–Kier alpha value is -3.68. The third kappa shape index (κ3) is 4.64. The van der Waals surface area contributed by atoms with Crippen molar-refractivity contribution in [3.63, 3.8) is 0 Å². The highest BCUT2D eigenvalue weighted by atomic mass is 19.1.